The molecule has 0 nitrogen and oxygen atoms in total. The number of rotatable bonds is 5. The smallest absolute Gasteiger partial charge is 0.159 e. The molecular formula is C29H23F3. The van der Waals surface area contributed by atoms with Gasteiger partial charge in [-0.1, -0.05) is 61.6 Å². The highest BCUT2D eigenvalue weighted by molar-refractivity contribution is 5.85. The molecule has 0 aromatic heterocycles. The van der Waals surface area contributed by atoms with Gasteiger partial charge in [-0.3, -0.25) is 0 Å². The van der Waals surface area contributed by atoms with Crippen molar-refractivity contribution in [2.45, 2.75) is 32.6 Å². The van der Waals surface area contributed by atoms with E-state index in [1.54, 1.807) is 12.1 Å². The molecule has 0 radical (unpaired) electrons. The van der Waals surface area contributed by atoms with Crippen LogP contribution in [0.4, 0.5) is 13.2 Å². The first-order valence-corrected chi connectivity index (χ1v) is 10.8. The topological polar surface area (TPSA) is 0 Å². The van der Waals surface area contributed by atoms with E-state index in [0.717, 1.165) is 41.5 Å². The Kier molecular flexibility index (Phi) is 6.61. The number of fused-ring (bicyclic) bond motifs is 1. The van der Waals surface area contributed by atoms with Gasteiger partial charge in [-0.2, -0.15) is 0 Å². The lowest BCUT2D eigenvalue weighted by Gasteiger charge is -2.08. The first-order chi connectivity index (χ1) is 15.5. The van der Waals surface area contributed by atoms with Gasteiger partial charge in [-0.25, -0.2) is 13.2 Å². The molecule has 0 fully saturated rings. The molecule has 3 heteroatoms. The summed E-state index contributed by atoms with van der Waals surface area (Å²) in [5.74, 6) is 4.28. The maximum atomic E-state index is 15.0. The normalized spacial score (nSPS) is 10.8. The standard InChI is InChI=1S/C29H23F3/c1-2-3-20-4-6-21(7-5-20)8-9-22-11-16-26-25(18-22)15-14-24(29(26)32)13-10-23-12-17-27(30)28(31)19-23/h4-7,11-12,14-19H,2-3,10,13H2,1H3. The minimum absolute atomic E-state index is 0.281. The van der Waals surface area contributed by atoms with Crippen molar-refractivity contribution in [2.75, 3.05) is 0 Å². The van der Waals surface area contributed by atoms with E-state index >= 15 is 4.39 Å². The molecule has 0 spiro atoms. The fourth-order valence-corrected chi connectivity index (χ4v) is 3.77. The summed E-state index contributed by atoms with van der Waals surface area (Å²) in [6, 6.07) is 21.1. The molecule has 0 N–H and O–H groups in total. The predicted molar refractivity (Wildman–Crippen MR) is 124 cm³/mol. The Bertz CT molecular complexity index is 1310. The Morgan fingerprint density at radius 3 is 2.09 bits per heavy atom. The minimum atomic E-state index is -0.882. The highest BCUT2D eigenvalue weighted by Gasteiger charge is 2.09. The van der Waals surface area contributed by atoms with Crippen molar-refractivity contribution < 1.29 is 13.2 Å². The second-order valence-electron chi connectivity index (χ2n) is 7.92. The Labute approximate surface area is 186 Å². The molecule has 32 heavy (non-hydrogen) atoms. The summed E-state index contributed by atoms with van der Waals surface area (Å²) < 4.78 is 41.5. The van der Waals surface area contributed by atoms with E-state index in [1.165, 1.54) is 11.6 Å². The monoisotopic (exact) mass is 428 g/mol. The molecule has 0 aliphatic carbocycles. The molecule has 4 aromatic carbocycles. The van der Waals surface area contributed by atoms with Crippen LogP contribution < -0.4 is 0 Å². The molecule has 4 aromatic rings. The summed E-state index contributed by atoms with van der Waals surface area (Å²) >= 11 is 0. The molecule has 0 unspecified atom stereocenters. The Morgan fingerprint density at radius 2 is 1.34 bits per heavy atom. The molecule has 160 valence electrons. The zero-order valence-corrected chi connectivity index (χ0v) is 17.9. The van der Waals surface area contributed by atoms with E-state index in [1.807, 2.05) is 30.3 Å². The fourth-order valence-electron chi connectivity index (χ4n) is 3.77. The van der Waals surface area contributed by atoms with Crippen molar-refractivity contribution in [2.24, 2.45) is 0 Å². The molecular weight excluding hydrogens is 405 g/mol. The molecule has 0 amide bonds. The lowest BCUT2D eigenvalue weighted by molar-refractivity contribution is 0.507. The van der Waals surface area contributed by atoms with E-state index in [4.69, 9.17) is 0 Å². The van der Waals surface area contributed by atoms with E-state index in [0.29, 0.717) is 29.4 Å². The molecule has 0 heterocycles. The summed E-state index contributed by atoms with van der Waals surface area (Å²) in [6.45, 7) is 2.16. The fraction of sp³-hybridized carbons (Fsp3) is 0.172. The highest BCUT2D eigenvalue weighted by atomic mass is 19.2. The summed E-state index contributed by atoms with van der Waals surface area (Å²) in [6.07, 6.45) is 3.01. The van der Waals surface area contributed by atoms with Gasteiger partial charge < -0.3 is 0 Å². The Morgan fingerprint density at radius 1 is 0.625 bits per heavy atom. The predicted octanol–water partition coefficient (Wildman–Crippen LogP) is 7.39. The van der Waals surface area contributed by atoms with Crippen molar-refractivity contribution in [3.63, 3.8) is 0 Å². The molecule has 0 atom stereocenters. The van der Waals surface area contributed by atoms with Crippen molar-refractivity contribution in [3.8, 4) is 11.8 Å². The van der Waals surface area contributed by atoms with Gasteiger partial charge in [0.05, 0.1) is 0 Å². The summed E-state index contributed by atoms with van der Waals surface area (Å²) in [5.41, 5.74) is 4.26. The van der Waals surface area contributed by atoms with Crippen LogP contribution in [0.15, 0.2) is 72.8 Å². The first kappa shape index (κ1) is 21.7. The second kappa shape index (κ2) is 9.75. The number of aryl methyl sites for hydroxylation is 3. The van der Waals surface area contributed by atoms with Gasteiger partial charge in [0.2, 0.25) is 0 Å². The van der Waals surface area contributed by atoms with Crippen molar-refractivity contribution >= 4 is 10.8 Å². The van der Waals surface area contributed by atoms with Crippen LogP contribution >= 0.6 is 0 Å². The van der Waals surface area contributed by atoms with Gasteiger partial charge >= 0.3 is 0 Å². The first-order valence-electron chi connectivity index (χ1n) is 10.8. The van der Waals surface area contributed by atoms with Crippen LogP contribution in [-0.2, 0) is 19.3 Å². The number of benzene rings is 4. The Hall–Kier alpha value is -3.51. The van der Waals surface area contributed by atoms with Gasteiger partial charge in [-0.15, -0.1) is 0 Å². The van der Waals surface area contributed by atoms with E-state index < -0.39 is 11.6 Å². The zero-order valence-electron chi connectivity index (χ0n) is 17.9. The quantitative estimate of drug-likeness (QED) is 0.291. The van der Waals surface area contributed by atoms with Gasteiger partial charge in [0, 0.05) is 16.5 Å². The van der Waals surface area contributed by atoms with Crippen molar-refractivity contribution in [1.82, 2.24) is 0 Å². The summed E-state index contributed by atoms with van der Waals surface area (Å²) in [4.78, 5) is 0. The maximum absolute atomic E-state index is 15.0. The van der Waals surface area contributed by atoms with Crippen LogP contribution in [0.25, 0.3) is 10.8 Å². The number of hydrogen-bond donors (Lipinski definition) is 0. The van der Waals surface area contributed by atoms with Gasteiger partial charge in [-0.05, 0) is 77.7 Å². The number of halogens is 3. The molecule has 0 saturated carbocycles. The molecule has 0 saturated heterocycles. The minimum Gasteiger partial charge on any atom is -0.206 e. The molecule has 4 rings (SSSR count). The largest absolute Gasteiger partial charge is 0.206 e. The van der Waals surface area contributed by atoms with Gasteiger partial charge in [0.1, 0.15) is 5.82 Å². The second-order valence-corrected chi connectivity index (χ2v) is 7.92. The zero-order chi connectivity index (χ0) is 22.5. The van der Waals surface area contributed by atoms with Crippen molar-refractivity contribution in [1.29, 1.82) is 0 Å². The average Bonchev–Trinajstić information content (AvgIpc) is 2.80. The van der Waals surface area contributed by atoms with Crippen LogP contribution in [0.2, 0.25) is 0 Å². The van der Waals surface area contributed by atoms with Crippen LogP contribution in [0.3, 0.4) is 0 Å². The summed E-state index contributed by atoms with van der Waals surface area (Å²) in [7, 11) is 0. The van der Waals surface area contributed by atoms with Crippen LogP contribution in [0.1, 0.15) is 41.2 Å². The molecule has 0 bridgehead atoms. The SMILES string of the molecule is CCCc1ccc(C#Cc2ccc3c(F)c(CCc4ccc(F)c(F)c4)ccc3c2)cc1. The van der Waals surface area contributed by atoms with Gasteiger partial charge in [0.15, 0.2) is 11.6 Å². The third-order valence-corrected chi connectivity index (χ3v) is 5.54. The number of hydrogen-bond acceptors (Lipinski definition) is 0. The molecule has 0 aliphatic heterocycles. The van der Waals surface area contributed by atoms with Crippen molar-refractivity contribution in [3.05, 3.63) is 118 Å². The van der Waals surface area contributed by atoms with Crippen LogP contribution in [-0.4, -0.2) is 0 Å². The van der Waals surface area contributed by atoms with Gasteiger partial charge in [0.25, 0.3) is 0 Å². The lowest BCUT2D eigenvalue weighted by atomic mass is 9.99. The van der Waals surface area contributed by atoms with Crippen LogP contribution in [0.5, 0.6) is 0 Å². The summed E-state index contributed by atoms with van der Waals surface area (Å²) in [5, 5.41) is 1.31. The van der Waals surface area contributed by atoms with Crippen LogP contribution in [0, 0.1) is 29.3 Å². The molecule has 0 aliphatic rings. The maximum Gasteiger partial charge on any atom is 0.159 e. The highest BCUT2D eigenvalue weighted by Crippen LogP contribution is 2.24. The third kappa shape index (κ3) is 5.03. The lowest BCUT2D eigenvalue weighted by Crippen LogP contribution is -1.97. The van der Waals surface area contributed by atoms with E-state index in [2.05, 4.69) is 30.9 Å². The van der Waals surface area contributed by atoms with E-state index in [-0.39, 0.29) is 5.82 Å². The Balaban J connectivity index is 1.51. The van der Waals surface area contributed by atoms with E-state index in [9.17, 15) is 8.78 Å². The third-order valence-electron chi connectivity index (χ3n) is 5.54. The average molecular weight is 428 g/mol.